The first-order valence-electron chi connectivity index (χ1n) is 21.0. The Morgan fingerprint density at radius 1 is 1.00 bits per heavy atom. The molecule has 1 saturated heterocycles. The third-order valence-electron chi connectivity index (χ3n) is 17.6. The number of hydrogen-bond acceptors (Lipinski definition) is 3. The molecular weight excluding hydrogens is 636 g/mol. The van der Waals surface area contributed by atoms with Crippen molar-refractivity contribution >= 4 is 11.9 Å². The van der Waals surface area contributed by atoms with Crippen molar-refractivity contribution in [1.29, 1.82) is 0 Å². The number of nitrogens with one attached hydrogen (secondary N) is 1. The van der Waals surface area contributed by atoms with Crippen LogP contribution in [-0.2, 0) is 9.59 Å². The van der Waals surface area contributed by atoms with Crippen molar-refractivity contribution in [1.82, 2.24) is 10.2 Å². The van der Waals surface area contributed by atoms with Crippen LogP contribution in [0.25, 0.3) is 0 Å². The number of alkyl halides is 1. The lowest BCUT2D eigenvalue weighted by atomic mass is 9.33. The summed E-state index contributed by atoms with van der Waals surface area (Å²) in [5.41, 5.74) is 5.07. The maximum atomic E-state index is 13.9. The van der Waals surface area contributed by atoms with Crippen LogP contribution in [-0.4, -0.2) is 53.7 Å². The van der Waals surface area contributed by atoms with E-state index in [1.165, 1.54) is 68.1 Å². The van der Waals surface area contributed by atoms with E-state index in [0.29, 0.717) is 35.5 Å². The topological polar surface area (TPSA) is 69.6 Å². The van der Waals surface area contributed by atoms with Gasteiger partial charge in [0.25, 0.3) is 0 Å². The summed E-state index contributed by atoms with van der Waals surface area (Å²) in [7, 11) is 0. The van der Waals surface area contributed by atoms with Crippen LogP contribution in [0.2, 0.25) is 0 Å². The molecule has 0 bridgehead atoms. The van der Waals surface area contributed by atoms with Crippen LogP contribution in [0.1, 0.15) is 138 Å². The summed E-state index contributed by atoms with van der Waals surface area (Å²) in [5, 5.41) is 14.0. The first-order chi connectivity index (χ1) is 24.1. The Morgan fingerprint density at radius 3 is 2.47 bits per heavy atom. The fourth-order valence-corrected chi connectivity index (χ4v) is 15.0. The average Bonchev–Trinajstić information content (AvgIpc) is 3.67. The first-order valence-corrected chi connectivity index (χ1v) is 21.0. The van der Waals surface area contributed by atoms with Crippen molar-refractivity contribution in [2.45, 2.75) is 143 Å². The summed E-state index contributed by atoms with van der Waals surface area (Å²) in [5.74, 6) is 1.33. The van der Waals surface area contributed by atoms with Gasteiger partial charge in [-0.3, -0.25) is 14.0 Å². The number of fused-ring (bicyclic) bond motifs is 7. The number of aliphatic carboxylic acids is 1. The van der Waals surface area contributed by atoms with Crippen molar-refractivity contribution in [3.05, 3.63) is 35.5 Å². The van der Waals surface area contributed by atoms with Gasteiger partial charge in [0.2, 0.25) is 5.91 Å². The highest BCUT2D eigenvalue weighted by molar-refractivity contribution is 5.78. The zero-order valence-electron chi connectivity index (χ0n) is 32.9. The number of halogens is 1. The van der Waals surface area contributed by atoms with E-state index >= 15 is 0 Å². The lowest BCUT2D eigenvalue weighted by Gasteiger charge is -2.72. The molecule has 7 rings (SSSR count). The van der Waals surface area contributed by atoms with Gasteiger partial charge in [0.1, 0.15) is 6.67 Å². The Balaban J connectivity index is 1.14. The maximum absolute atomic E-state index is 13.9. The van der Waals surface area contributed by atoms with E-state index in [1.54, 1.807) is 0 Å². The second kappa shape index (κ2) is 13.4. The highest BCUT2D eigenvalue weighted by Crippen LogP contribution is 2.76. The number of carboxylic acid groups (broad SMARTS) is 1. The van der Waals surface area contributed by atoms with Crippen LogP contribution in [0.5, 0.6) is 0 Å². The Kier molecular flexibility index (Phi) is 9.83. The molecule has 7 aliphatic rings. The minimum Gasteiger partial charge on any atom is -0.481 e. The van der Waals surface area contributed by atoms with Crippen LogP contribution >= 0.6 is 0 Å². The maximum Gasteiger partial charge on any atom is 0.309 e. The lowest BCUT2D eigenvalue weighted by molar-refractivity contribution is -0.221. The van der Waals surface area contributed by atoms with E-state index in [2.05, 4.69) is 70.5 Å². The molecule has 0 aromatic rings. The highest BCUT2D eigenvalue weighted by atomic mass is 19.1. The van der Waals surface area contributed by atoms with E-state index in [9.17, 15) is 19.1 Å². The molecule has 5 nitrogen and oxygen atoms in total. The molecule has 0 spiro atoms. The molecule has 0 aromatic heterocycles. The molecule has 2 unspecified atom stereocenters. The Morgan fingerprint density at radius 2 is 1.78 bits per heavy atom. The monoisotopic (exact) mass is 705 g/mol. The van der Waals surface area contributed by atoms with Crippen LogP contribution in [0.3, 0.4) is 0 Å². The van der Waals surface area contributed by atoms with Gasteiger partial charge in [0.05, 0.1) is 5.92 Å². The number of allylic oxidation sites excluding steroid dienone is 5. The number of hydrogen-bond donors (Lipinski definition) is 2. The molecule has 11 atom stereocenters. The number of carboxylic acids is 1. The van der Waals surface area contributed by atoms with Crippen molar-refractivity contribution in [2.24, 2.45) is 63.1 Å². The molecule has 284 valence electrons. The van der Waals surface area contributed by atoms with E-state index in [0.717, 1.165) is 64.6 Å². The zero-order valence-corrected chi connectivity index (χ0v) is 32.9. The van der Waals surface area contributed by atoms with Gasteiger partial charge in [-0.2, -0.15) is 0 Å². The van der Waals surface area contributed by atoms with Gasteiger partial charge in [-0.05, 0) is 172 Å². The van der Waals surface area contributed by atoms with Gasteiger partial charge in [-0.15, -0.1) is 0 Å². The number of nitrogens with zero attached hydrogens (tertiary/aromatic N) is 1. The van der Waals surface area contributed by atoms with Crippen molar-refractivity contribution < 1.29 is 19.1 Å². The Bertz CT molecular complexity index is 1470. The van der Waals surface area contributed by atoms with Crippen LogP contribution in [0.15, 0.2) is 35.5 Å². The summed E-state index contributed by atoms with van der Waals surface area (Å²) >= 11 is 0. The minimum absolute atomic E-state index is 0.00391. The molecule has 2 N–H and O–H groups in total. The van der Waals surface area contributed by atoms with E-state index in [1.807, 2.05) is 0 Å². The number of rotatable bonds is 10. The number of likely N-dealkylation sites (tertiary alicyclic amines) is 1. The molecule has 4 saturated carbocycles. The third-order valence-corrected chi connectivity index (χ3v) is 17.6. The fourth-order valence-electron chi connectivity index (χ4n) is 15.0. The molecule has 6 aliphatic carbocycles. The molecule has 1 aliphatic heterocycles. The van der Waals surface area contributed by atoms with Crippen LogP contribution < -0.4 is 5.32 Å². The van der Waals surface area contributed by atoms with E-state index in [-0.39, 0.29) is 33.1 Å². The van der Waals surface area contributed by atoms with Crippen LogP contribution in [0.4, 0.5) is 4.39 Å². The summed E-state index contributed by atoms with van der Waals surface area (Å²) in [6.07, 6.45) is 21.5. The van der Waals surface area contributed by atoms with Gasteiger partial charge < -0.3 is 15.3 Å². The van der Waals surface area contributed by atoms with Gasteiger partial charge in [0, 0.05) is 25.0 Å². The normalized spacial score (nSPS) is 43.7. The van der Waals surface area contributed by atoms with Crippen LogP contribution in [0, 0.1) is 63.1 Å². The molecule has 0 aromatic carbocycles. The molecule has 1 amide bonds. The summed E-state index contributed by atoms with van der Waals surface area (Å²) in [6, 6.07) is 0. The third kappa shape index (κ3) is 5.76. The molecular formula is C45H69FN2O3. The van der Waals surface area contributed by atoms with Crippen molar-refractivity contribution in [2.75, 3.05) is 26.3 Å². The quantitative estimate of drug-likeness (QED) is 0.176. The van der Waals surface area contributed by atoms with Gasteiger partial charge >= 0.3 is 5.97 Å². The number of carbonyl (C=O) groups is 2. The second-order valence-electron chi connectivity index (χ2n) is 20.0. The van der Waals surface area contributed by atoms with Gasteiger partial charge in [-0.25, -0.2) is 0 Å². The molecule has 0 radical (unpaired) electrons. The lowest BCUT2D eigenvalue weighted by Crippen LogP contribution is -2.68. The SMILES string of the molecule is C=C(C)[C@@H]1CC[C@]2(NCCCN3CCCC3=O)CC[C@]3(C)[C@H](CC[C@@H]4[C@@]5(C)CC=C(C6=CC(C(CF)C(=O)O)CCC6)C(C)(C)[C@@H]5CC[C@]43C)[C@@H]12. The predicted octanol–water partition coefficient (Wildman–Crippen LogP) is 9.93. The second-order valence-corrected chi connectivity index (χ2v) is 20.0. The zero-order chi connectivity index (χ0) is 36.6. The van der Waals surface area contributed by atoms with Gasteiger partial charge in [0.15, 0.2) is 0 Å². The Labute approximate surface area is 308 Å². The standard InChI is InChI=1S/C45H69FN2O3/c1-29(2)32-16-21-45(47-24-10-26-48-25-9-13-38(48)49)23-22-43(6)35(39(32)45)14-15-37-42(5)19-17-34(41(3,4)36(42)18-20-44(37,43)7)31-12-8-11-30(27-31)33(28-46)40(50)51/h17,27,30,32-33,35-37,39,47H,1,8-16,18-26,28H2,2-7H3,(H,50,51)/t30?,32-,33?,35+,36-,37+,39+,42-,43+,44+,45-/m0/s1. The fraction of sp³-hybridized carbons (Fsp3) is 0.822. The summed E-state index contributed by atoms with van der Waals surface area (Å²) in [6.45, 7) is 22.0. The number of carbonyl (C=O) groups excluding carboxylic acids is 1. The van der Waals surface area contributed by atoms with Crippen molar-refractivity contribution in [3.8, 4) is 0 Å². The highest BCUT2D eigenvalue weighted by Gasteiger charge is 2.70. The molecule has 51 heavy (non-hydrogen) atoms. The first kappa shape index (κ1) is 37.4. The summed E-state index contributed by atoms with van der Waals surface area (Å²) < 4.78 is 13.9. The minimum atomic E-state index is -1.00. The van der Waals surface area contributed by atoms with E-state index in [4.69, 9.17) is 0 Å². The molecule has 5 fully saturated rings. The largest absolute Gasteiger partial charge is 0.481 e. The molecule has 6 heteroatoms. The predicted molar refractivity (Wildman–Crippen MR) is 204 cm³/mol. The Hall–Kier alpha value is -1.95. The van der Waals surface area contributed by atoms with Crippen molar-refractivity contribution in [3.63, 3.8) is 0 Å². The van der Waals surface area contributed by atoms with Gasteiger partial charge in [-0.1, -0.05) is 58.9 Å². The average molecular weight is 705 g/mol. The summed E-state index contributed by atoms with van der Waals surface area (Å²) in [4.78, 5) is 26.2. The molecule has 1 heterocycles. The number of amides is 1. The van der Waals surface area contributed by atoms with E-state index < -0.39 is 18.6 Å². The smallest absolute Gasteiger partial charge is 0.309 e.